The summed E-state index contributed by atoms with van der Waals surface area (Å²) in [4.78, 5) is 18.2. The van der Waals surface area contributed by atoms with Crippen molar-refractivity contribution in [3.63, 3.8) is 0 Å². The van der Waals surface area contributed by atoms with Gasteiger partial charge in [0.05, 0.1) is 40.0 Å². The zero-order chi connectivity index (χ0) is 33.6. The van der Waals surface area contributed by atoms with E-state index in [1.54, 1.807) is 18.2 Å². The van der Waals surface area contributed by atoms with Gasteiger partial charge in [0, 0.05) is 24.5 Å². The summed E-state index contributed by atoms with van der Waals surface area (Å²) in [5.41, 5.74) is 1.62. The van der Waals surface area contributed by atoms with Gasteiger partial charge in [-0.2, -0.15) is 4.31 Å². The summed E-state index contributed by atoms with van der Waals surface area (Å²) in [5, 5.41) is 18.8. The lowest BCUT2D eigenvalue weighted by Gasteiger charge is -2.38. The first kappa shape index (κ1) is 33.7. The minimum Gasteiger partial charge on any atom is -0.443 e. The summed E-state index contributed by atoms with van der Waals surface area (Å²) in [6, 6.07) is 14.1. The average Bonchev–Trinajstić information content (AvgIpc) is 3.52. The van der Waals surface area contributed by atoms with Crippen LogP contribution in [0.4, 0.5) is 9.93 Å². The molecule has 3 N–H and O–H groups in total. The predicted octanol–water partition coefficient (Wildman–Crippen LogP) is 5.15. The number of thiazole rings is 1. The zero-order valence-electron chi connectivity index (χ0n) is 27.7. The summed E-state index contributed by atoms with van der Waals surface area (Å²) >= 11 is 1.44. The van der Waals surface area contributed by atoms with Crippen LogP contribution >= 0.6 is 11.3 Å². The quantitative estimate of drug-likeness (QED) is 0.209. The fourth-order valence-electron chi connectivity index (χ4n) is 7.59. The summed E-state index contributed by atoms with van der Waals surface area (Å²) in [5.74, 6) is 0.251. The Balaban J connectivity index is 1.08. The lowest BCUT2D eigenvalue weighted by molar-refractivity contribution is -0.152. The highest BCUT2D eigenvalue weighted by molar-refractivity contribution is 7.89. The normalized spacial score (nSPS) is 27.8. The molecule has 2 saturated carbocycles. The van der Waals surface area contributed by atoms with E-state index in [1.165, 1.54) is 15.6 Å². The number of hydrogen-bond acceptors (Lipinski definition) is 10. The minimum absolute atomic E-state index is 0.00813. The number of alkyl carbamates (subject to hydrolysis) is 1. The molecule has 7 atom stereocenters. The van der Waals surface area contributed by atoms with Gasteiger partial charge in [0.15, 0.2) is 11.4 Å². The van der Waals surface area contributed by atoms with Crippen LogP contribution in [0.1, 0.15) is 58.4 Å². The Bertz CT molecular complexity index is 1720. The number of anilines is 1. The second-order valence-corrected chi connectivity index (χ2v) is 17.3. The predicted molar refractivity (Wildman–Crippen MR) is 183 cm³/mol. The standard InChI is InChI=1S/C35H46N4O7S2/c1-4-35-17-30-29(15-23(35)20-44-32(35)45-30)46-34(41)38-27(14-22-8-6-5-7-9-22)28(40)19-39(18-21(2)3)48(42,43)25-12-13-26-31(16-25)47-33(37-26)36-24-10-11-24/h5-9,12-13,16,21,23-24,27-30,32,40H,4,10-11,14-15,17-20H2,1-3H3,(H,36,37)(H,38,41)/t23-,27+,28-,29?,30?,32-,35-/m1/s1. The molecule has 1 amide bonds. The second kappa shape index (κ2) is 13.5. The molecular weight excluding hydrogens is 653 g/mol. The number of amides is 1. The number of carbonyl (C=O) groups is 1. The highest BCUT2D eigenvalue weighted by atomic mass is 32.2. The van der Waals surface area contributed by atoms with E-state index in [1.807, 2.05) is 44.2 Å². The number of hydrogen-bond donors (Lipinski definition) is 3. The third-order valence-electron chi connectivity index (χ3n) is 10.4. The third-order valence-corrected chi connectivity index (χ3v) is 13.2. The van der Waals surface area contributed by atoms with Gasteiger partial charge in [-0.15, -0.1) is 0 Å². The molecule has 2 bridgehead atoms. The molecule has 2 aliphatic carbocycles. The van der Waals surface area contributed by atoms with Crippen molar-refractivity contribution in [2.24, 2.45) is 17.3 Å². The Morgan fingerprint density at radius 1 is 1.19 bits per heavy atom. The SMILES string of the molecule is CC[C@]12CC3O[C@H]1OC[C@H]2CC3OC(=O)N[C@@H](Cc1ccccc1)[C@H](O)CN(CC(C)C)S(=O)(=O)c1ccc2nc(NC3CC3)sc2c1. The maximum atomic E-state index is 14.1. The number of sulfonamides is 1. The van der Waals surface area contributed by atoms with Crippen molar-refractivity contribution < 1.29 is 32.5 Å². The van der Waals surface area contributed by atoms with E-state index >= 15 is 0 Å². The molecule has 260 valence electrons. The lowest BCUT2D eigenvalue weighted by Crippen LogP contribution is -2.52. The number of aromatic nitrogens is 1. The number of ether oxygens (including phenoxy) is 3. The molecule has 0 spiro atoms. The number of benzene rings is 2. The summed E-state index contributed by atoms with van der Waals surface area (Å²) in [7, 11) is -4.00. The number of fused-ring (bicyclic) bond motifs is 2. The first-order chi connectivity index (χ1) is 23.0. The maximum Gasteiger partial charge on any atom is 0.407 e. The first-order valence-electron chi connectivity index (χ1n) is 17.2. The fraction of sp³-hybridized carbons (Fsp3) is 0.600. The van der Waals surface area contributed by atoms with E-state index in [0.717, 1.165) is 46.6 Å². The maximum absolute atomic E-state index is 14.1. The van der Waals surface area contributed by atoms with E-state index in [9.17, 15) is 18.3 Å². The van der Waals surface area contributed by atoms with E-state index in [2.05, 4.69) is 22.5 Å². The van der Waals surface area contributed by atoms with Gasteiger partial charge < -0.3 is 30.0 Å². The van der Waals surface area contributed by atoms with Crippen LogP contribution in [0.2, 0.25) is 0 Å². The molecule has 7 rings (SSSR count). The number of carbonyl (C=O) groups excluding carboxylic acids is 1. The highest BCUT2D eigenvalue weighted by Crippen LogP contribution is 2.58. The average molecular weight is 699 g/mol. The molecule has 2 aromatic carbocycles. The van der Waals surface area contributed by atoms with Gasteiger partial charge in [0.25, 0.3) is 0 Å². The molecule has 4 aliphatic rings. The Labute approximate surface area is 286 Å². The molecule has 11 nitrogen and oxygen atoms in total. The van der Waals surface area contributed by atoms with Gasteiger partial charge in [-0.05, 0) is 74.1 Å². The fourth-order valence-corrected chi connectivity index (χ4v) is 10.3. The molecule has 2 unspecified atom stereocenters. The molecule has 0 radical (unpaired) electrons. The van der Waals surface area contributed by atoms with E-state index in [-0.39, 0.29) is 47.6 Å². The summed E-state index contributed by atoms with van der Waals surface area (Å²) in [6.07, 6.45) is 2.14. The van der Waals surface area contributed by atoms with Crippen molar-refractivity contribution in [2.75, 3.05) is 25.0 Å². The molecule has 2 saturated heterocycles. The smallest absolute Gasteiger partial charge is 0.407 e. The first-order valence-corrected chi connectivity index (χ1v) is 19.4. The number of nitrogens with one attached hydrogen (secondary N) is 2. The Morgan fingerprint density at radius 2 is 1.98 bits per heavy atom. The highest BCUT2D eigenvalue weighted by Gasteiger charge is 2.63. The monoisotopic (exact) mass is 698 g/mol. The van der Waals surface area contributed by atoms with Crippen LogP contribution in [0.5, 0.6) is 0 Å². The van der Waals surface area contributed by atoms with Gasteiger partial charge >= 0.3 is 6.09 Å². The molecule has 13 heteroatoms. The van der Waals surface area contributed by atoms with E-state index in [4.69, 9.17) is 14.2 Å². The molecule has 48 heavy (non-hydrogen) atoms. The van der Waals surface area contributed by atoms with Crippen molar-refractivity contribution in [3.8, 4) is 0 Å². The number of nitrogens with zero attached hydrogens (tertiary/aromatic N) is 2. The Kier molecular flexibility index (Phi) is 9.46. The van der Waals surface area contributed by atoms with Gasteiger partial charge in [-0.1, -0.05) is 62.4 Å². The van der Waals surface area contributed by atoms with Gasteiger partial charge in [-0.3, -0.25) is 0 Å². The van der Waals surface area contributed by atoms with E-state index < -0.39 is 34.4 Å². The number of aliphatic hydroxyl groups excluding tert-OH is 1. The van der Waals surface area contributed by atoms with Crippen molar-refractivity contribution in [1.29, 1.82) is 0 Å². The minimum atomic E-state index is -4.00. The van der Waals surface area contributed by atoms with Crippen LogP contribution in [-0.4, -0.2) is 85.3 Å². The van der Waals surface area contributed by atoms with Crippen LogP contribution in [0.15, 0.2) is 53.4 Å². The van der Waals surface area contributed by atoms with Crippen molar-refractivity contribution in [1.82, 2.24) is 14.6 Å². The Hall–Kier alpha value is -2.81. The molecule has 4 fully saturated rings. The molecule has 2 aliphatic heterocycles. The second-order valence-electron chi connectivity index (χ2n) is 14.3. The van der Waals surface area contributed by atoms with Gasteiger partial charge in [0.1, 0.15) is 6.10 Å². The van der Waals surface area contributed by atoms with Crippen molar-refractivity contribution in [3.05, 3.63) is 54.1 Å². The Morgan fingerprint density at radius 3 is 2.71 bits per heavy atom. The third kappa shape index (κ3) is 6.82. The van der Waals surface area contributed by atoms with Crippen LogP contribution in [0, 0.1) is 17.3 Å². The number of aliphatic hydroxyl groups is 1. The topological polar surface area (TPSA) is 139 Å². The van der Waals surface area contributed by atoms with Gasteiger partial charge in [-0.25, -0.2) is 18.2 Å². The van der Waals surface area contributed by atoms with Crippen LogP contribution in [-0.2, 0) is 30.7 Å². The molecular formula is C35H46N4O7S2. The van der Waals surface area contributed by atoms with Crippen LogP contribution < -0.4 is 10.6 Å². The van der Waals surface area contributed by atoms with Gasteiger partial charge in [0.2, 0.25) is 10.0 Å². The van der Waals surface area contributed by atoms with Crippen molar-refractivity contribution >= 4 is 42.8 Å². The lowest BCUT2D eigenvalue weighted by atomic mass is 9.66. The molecule has 3 aromatic rings. The summed E-state index contributed by atoms with van der Waals surface area (Å²) < 4.78 is 48.5. The van der Waals surface area contributed by atoms with Crippen LogP contribution in [0.3, 0.4) is 0 Å². The summed E-state index contributed by atoms with van der Waals surface area (Å²) in [6.45, 7) is 6.62. The van der Waals surface area contributed by atoms with E-state index in [0.29, 0.717) is 25.5 Å². The number of rotatable bonds is 14. The zero-order valence-corrected chi connectivity index (χ0v) is 29.3. The molecule has 1 aromatic heterocycles. The van der Waals surface area contributed by atoms with Crippen molar-refractivity contribution in [2.45, 2.75) is 101 Å². The largest absolute Gasteiger partial charge is 0.443 e. The van der Waals surface area contributed by atoms with Crippen LogP contribution in [0.25, 0.3) is 10.2 Å². The molecule has 3 heterocycles.